The number of carbonyl (C=O) groups is 14. The predicted molar refractivity (Wildman–Crippen MR) is 395 cm³/mol. The van der Waals surface area contributed by atoms with Crippen LogP contribution in [0.1, 0.15) is 195 Å². The van der Waals surface area contributed by atoms with Gasteiger partial charge in [-0.15, -0.1) is 0 Å². The van der Waals surface area contributed by atoms with Crippen LogP contribution in [0.5, 0.6) is 0 Å². The lowest BCUT2D eigenvalue weighted by Gasteiger charge is -2.33. The van der Waals surface area contributed by atoms with E-state index in [1.54, 1.807) is 127 Å². The minimum atomic E-state index is -1.83. The van der Waals surface area contributed by atoms with Crippen molar-refractivity contribution in [2.24, 2.45) is 53.1 Å². The van der Waals surface area contributed by atoms with E-state index in [-0.39, 0.29) is 69.1 Å². The van der Waals surface area contributed by atoms with Crippen molar-refractivity contribution in [2.45, 2.75) is 280 Å². The van der Waals surface area contributed by atoms with E-state index in [0.29, 0.717) is 24.8 Å². The number of allylic oxidation sites excluding steroid dienone is 1. The highest BCUT2D eigenvalue weighted by molar-refractivity contribution is 6.03. The standard InChI is InChI=1S/C75H124N14O16/c1-20-43(15)33-34-53(91)80-54(38(5)6)68(97)87-61(46(18)90)72(101)82-56(40(9)10)69(98)83-57(41(11)12)74(103)89-36-28-32-52(89)66(95)78-50(31-27-35-76)64(93)85-59(44(16)21-2)71(100)88-62-47(19)105-75(104)58(42(13)14)84-63(92)49(23-4)77-65(94)51(37-48-29-25-24-26-30-48)79-67(96)55(39(7)8)81-70(99)60(45(17)22-3)86-73(62)102/h23-26,29-30,38-47,50-52,54-62,90H,20-22,27-28,31-37,76H2,1-19H3,(H,77,94)(H,78,95)(H,79,96)(H,80,91)(H,81,99)(H,82,101)(H,83,98)(H,84,92)(H,85,93)(H,86,102)(H,87,97)(H,88,100)/b49-23-/t43-,44+,45-,46+,47?,50-,51-,52+,54+,55+,56-,57+,58-,59-,60?,61-,62?/m0/s1. The van der Waals surface area contributed by atoms with Gasteiger partial charge >= 0.3 is 5.97 Å². The van der Waals surface area contributed by atoms with E-state index in [4.69, 9.17) is 10.5 Å². The van der Waals surface area contributed by atoms with Crippen LogP contribution in [0.15, 0.2) is 42.1 Å². The first-order chi connectivity index (χ1) is 49.3. The van der Waals surface area contributed by atoms with E-state index in [0.717, 1.165) is 6.42 Å². The summed E-state index contributed by atoms with van der Waals surface area (Å²) in [5.74, 6) is -15.2. The molecule has 2 fully saturated rings. The van der Waals surface area contributed by atoms with Crippen LogP contribution in [0, 0.1) is 47.3 Å². The second-order valence-electron chi connectivity index (χ2n) is 30.0. The van der Waals surface area contributed by atoms with Crippen molar-refractivity contribution in [2.75, 3.05) is 13.1 Å². The molecule has 0 spiro atoms. The number of nitrogens with one attached hydrogen (secondary N) is 12. The SMILES string of the molecule is C/C=C1\NC(=O)[C@H](Cc2ccccc2)NC(=O)[C@@H](C(C)C)NC(=O)C([C@@H](C)CC)NC(=O)C(NC(=O)[C@@H](NC(=O)[C@H](CCCN)NC(=O)[C@H]2CCCN2C(=O)[C@H](NC(=O)[C@@H](NC(=O)[C@@H](NC(=O)[C@H](NC(=O)CC[C@@H](C)CC)C(C)C)[C@@H](C)O)C(C)C)C(C)C)[C@H](C)CC)C(C)OC(=O)[C@H](C(C)C)NC1=O. The number of ether oxygens (including phenoxy) is 1. The third kappa shape index (κ3) is 27.4. The fourth-order valence-corrected chi connectivity index (χ4v) is 12.0. The van der Waals surface area contributed by atoms with E-state index in [2.05, 4.69) is 63.8 Å². The first kappa shape index (κ1) is 90.7. The summed E-state index contributed by atoms with van der Waals surface area (Å²) in [7, 11) is 0. The van der Waals surface area contributed by atoms with Crippen LogP contribution < -0.4 is 69.5 Å². The monoisotopic (exact) mass is 1480 g/mol. The number of rotatable bonds is 33. The molecule has 17 atom stereocenters. The summed E-state index contributed by atoms with van der Waals surface area (Å²) in [6.45, 7) is 31.7. The maximum absolute atomic E-state index is 15.0. The molecular weight excluding hydrogens is 1350 g/mol. The van der Waals surface area contributed by atoms with Gasteiger partial charge in [-0.1, -0.05) is 166 Å². The number of benzene rings is 1. The Kier molecular flexibility index (Phi) is 37.8. The van der Waals surface area contributed by atoms with Crippen LogP contribution in [-0.2, 0) is 78.3 Å². The fourth-order valence-electron chi connectivity index (χ4n) is 12.0. The average Bonchev–Trinajstić information content (AvgIpc) is 1.80. The zero-order valence-corrected chi connectivity index (χ0v) is 65.2. The number of likely N-dealkylation sites (tertiary alicyclic amines) is 1. The smallest absolute Gasteiger partial charge is 0.329 e. The number of cyclic esters (lactones) is 1. The lowest BCUT2D eigenvalue weighted by molar-refractivity contribution is -0.157. The third-order valence-corrected chi connectivity index (χ3v) is 19.6. The van der Waals surface area contributed by atoms with Gasteiger partial charge in [0.05, 0.1) is 6.10 Å². The van der Waals surface area contributed by atoms with Crippen molar-refractivity contribution in [3.8, 4) is 0 Å². The number of amides is 13. The van der Waals surface area contributed by atoms with Gasteiger partial charge < -0.3 is 84.3 Å². The first-order valence-electron chi connectivity index (χ1n) is 37.5. The summed E-state index contributed by atoms with van der Waals surface area (Å²) in [6, 6.07) is -7.67. The number of nitrogens with two attached hydrogens (primary N) is 1. The summed E-state index contributed by atoms with van der Waals surface area (Å²) < 4.78 is 5.96. The van der Waals surface area contributed by atoms with E-state index >= 15 is 9.59 Å². The molecule has 2 heterocycles. The van der Waals surface area contributed by atoms with Crippen molar-refractivity contribution in [3.63, 3.8) is 0 Å². The molecule has 3 rings (SSSR count). The molecule has 0 radical (unpaired) electrons. The van der Waals surface area contributed by atoms with Crippen molar-refractivity contribution in [1.82, 2.24) is 68.7 Å². The lowest BCUT2D eigenvalue weighted by atomic mass is 9.95. The highest BCUT2D eigenvalue weighted by Gasteiger charge is 2.44. The van der Waals surface area contributed by atoms with Gasteiger partial charge in [0, 0.05) is 19.4 Å². The number of carbonyl (C=O) groups excluding carboxylic acids is 14. The van der Waals surface area contributed by atoms with E-state index < -0.39 is 203 Å². The molecule has 0 saturated carbocycles. The molecule has 0 bridgehead atoms. The van der Waals surface area contributed by atoms with E-state index in [9.17, 15) is 62.6 Å². The highest BCUT2D eigenvalue weighted by Crippen LogP contribution is 2.23. The zero-order chi connectivity index (χ0) is 79.4. The topological polar surface area (TPSA) is 442 Å². The van der Waals surface area contributed by atoms with Crippen LogP contribution in [0.4, 0.5) is 0 Å². The summed E-state index contributed by atoms with van der Waals surface area (Å²) in [5.41, 5.74) is 6.34. The van der Waals surface area contributed by atoms with Gasteiger partial charge in [0.1, 0.15) is 84.3 Å². The third-order valence-electron chi connectivity index (χ3n) is 19.6. The van der Waals surface area contributed by atoms with Crippen LogP contribution in [-0.4, -0.2) is 191 Å². The Morgan fingerprint density at radius 3 is 1.69 bits per heavy atom. The number of esters is 1. The Morgan fingerprint density at radius 1 is 0.610 bits per heavy atom. The maximum Gasteiger partial charge on any atom is 0.329 e. The lowest BCUT2D eigenvalue weighted by Crippen LogP contribution is -2.64. The molecule has 105 heavy (non-hydrogen) atoms. The summed E-state index contributed by atoms with van der Waals surface area (Å²) in [5, 5.41) is 43.2. The van der Waals surface area contributed by atoms with E-state index in [1.165, 1.54) is 31.7 Å². The van der Waals surface area contributed by atoms with Gasteiger partial charge in [0.2, 0.25) is 70.9 Å². The summed E-state index contributed by atoms with van der Waals surface area (Å²) >= 11 is 0. The van der Waals surface area contributed by atoms with Gasteiger partial charge in [-0.25, -0.2) is 4.79 Å². The molecule has 1 aromatic rings. The largest absolute Gasteiger partial charge is 0.458 e. The Bertz CT molecular complexity index is 3160. The molecule has 590 valence electrons. The van der Waals surface area contributed by atoms with Gasteiger partial charge in [-0.05, 0) is 112 Å². The van der Waals surface area contributed by atoms with Crippen LogP contribution in [0.3, 0.4) is 0 Å². The minimum absolute atomic E-state index is 0.0355. The second-order valence-corrected chi connectivity index (χ2v) is 30.0. The normalized spacial score (nSPS) is 22.8. The molecule has 0 aromatic heterocycles. The molecule has 0 aliphatic carbocycles. The number of nitrogens with zero attached hydrogens (tertiary/aromatic N) is 1. The molecule has 13 amide bonds. The predicted octanol–water partition coefficient (Wildman–Crippen LogP) is 1.84. The van der Waals surface area contributed by atoms with Crippen molar-refractivity contribution < 1.29 is 77.0 Å². The maximum atomic E-state index is 15.0. The van der Waals surface area contributed by atoms with Crippen molar-refractivity contribution >= 4 is 82.8 Å². The molecular formula is C75H124N14O16. The Hall–Kier alpha value is -8.54. The number of hydrogen-bond acceptors (Lipinski definition) is 17. The second kappa shape index (κ2) is 43.8. The van der Waals surface area contributed by atoms with Crippen molar-refractivity contribution in [1.29, 1.82) is 0 Å². The van der Waals surface area contributed by atoms with Crippen LogP contribution in [0.25, 0.3) is 0 Å². The van der Waals surface area contributed by atoms with Crippen LogP contribution >= 0.6 is 0 Å². The fraction of sp³-hybridized carbons (Fsp3) is 0.707. The summed E-state index contributed by atoms with van der Waals surface area (Å²) in [4.78, 5) is 202. The molecule has 30 nitrogen and oxygen atoms in total. The number of aliphatic hydroxyl groups excluding tert-OH is 1. The molecule has 2 saturated heterocycles. The van der Waals surface area contributed by atoms with Gasteiger partial charge in [-0.3, -0.25) is 62.3 Å². The van der Waals surface area contributed by atoms with E-state index in [1.807, 2.05) is 13.8 Å². The summed E-state index contributed by atoms with van der Waals surface area (Å²) in [6.07, 6.45) is 1.08. The molecule has 2 aliphatic heterocycles. The molecule has 1 aromatic carbocycles. The zero-order valence-electron chi connectivity index (χ0n) is 65.2. The van der Waals surface area contributed by atoms with Gasteiger partial charge in [0.25, 0.3) is 5.91 Å². The Labute approximate surface area is 620 Å². The first-order valence-corrected chi connectivity index (χ1v) is 37.5. The molecule has 15 N–H and O–H groups in total. The van der Waals surface area contributed by atoms with Crippen LogP contribution in [0.2, 0.25) is 0 Å². The quantitative estimate of drug-likeness (QED) is 0.0353. The molecule has 2 aliphatic rings. The van der Waals surface area contributed by atoms with Gasteiger partial charge in [-0.2, -0.15) is 0 Å². The average molecular weight is 1480 g/mol. The minimum Gasteiger partial charge on any atom is -0.458 e. The number of aliphatic hydroxyl groups is 1. The Morgan fingerprint density at radius 2 is 1.15 bits per heavy atom. The number of hydrogen-bond donors (Lipinski definition) is 14. The molecule has 3 unspecified atom stereocenters. The van der Waals surface area contributed by atoms with Gasteiger partial charge in [0.15, 0.2) is 0 Å². The van der Waals surface area contributed by atoms with Crippen molar-refractivity contribution in [3.05, 3.63) is 47.7 Å². The highest BCUT2D eigenvalue weighted by atomic mass is 16.5. The molecule has 30 heteroatoms. The Balaban J connectivity index is 2.00.